The number of phenols is 1. The van der Waals surface area contributed by atoms with E-state index in [0.717, 1.165) is 30.5 Å². The molecule has 2 atom stereocenters. The fourth-order valence-electron chi connectivity index (χ4n) is 3.96. The van der Waals surface area contributed by atoms with Gasteiger partial charge in [-0.05, 0) is 37.1 Å². The Bertz CT molecular complexity index is 1170. The first-order valence-corrected chi connectivity index (χ1v) is 9.53. The maximum Gasteiger partial charge on any atom is 0.187 e. The summed E-state index contributed by atoms with van der Waals surface area (Å²) in [7, 11) is 0. The van der Waals surface area contributed by atoms with E-state index in [0.29, 0.717) is 17.0 Å². The van der Waals surface area contributed by atoms with Crippen molar-refractivity contribution >= 4 is 16.6 Å². The van der Waals surface area contributed by atoms with Crippen molar-refractivity contribution in [2.24, 2.45) is 5.73 Å². The second-order valence-corrected chi connectivity index (χ2v) is 7.48. The number of pyridine rings is 2. The molecule has 0 radical (unpaired) electrons. The van der Waals surface area contributed by atoms with Gasteiger partial charge < -0.3 is 10.8 Å². The normalized spacial score (nSPS) is 18.9. The molecule has 1 saturated heterocycles. The number of rotatable bonds is 3. The fourth-order valence-corrected chi connectivity index (χ4v) is 3.96. The number of hydrogen-bond donors (Lipinski definition) is 2. The SMILES string of the molecule is C[C@@H](c1ccc2nnc(-c3ccc4cccc(O)c4n3)n2c1)N1CC[C@H](N)C1. The smallest absolute Gasteiger partial charge is 0.187 e. The van der Waals surface area contributed by atoms with Crippen molar-refractivity contribution < 1.29 is 5.11 Å². The number of hydrogen-bond acceptors (Lipinski definition) is 6. The van der Waals surface area contributed by atoms with Gasteiger partial charge in [-0.2, -0.15) is 0 Å². The zero-order valence-electron chi connectivity index (χ0n) is 15.7. The first kappa shape index (κ1) is 17.1. The van der Waals surface area contributed by atoms with Gasteiger partial charge in [-0.25, -0.2) is 4.98 Å². The van der Waals surface area contributed by atoms with E-state index in [-0.39, 0.29) is 17.8 Å². The molecule has 28 heavy (non-hydrogen) atoms. The average Bonchev–Trinajstić information content (AvgIpc) is 3.33. The largest absolute Gasteiger partial charge is 0.506 e. The maximum absolute atomic E-state index is 10.1. The third-order valence-corrected chi connectivity index (χ3v) is 5.64. The second kappa shape index (κ2) is 6.54. The zero-order chi connectivity index (χ0) is 19.3. The van der Waals surface area contributed by atoms with Crippen molar-refractivity contribution in [2.75, 3.05) is 13.1 Å². The lowest BCUT2D eigenvalue weighted by atomic mass is 10.1. The van der Waals surface area contributed by atoms with E-state index in [4.69, 9.17) is 5.73 Å². The van der Waals surface area contributed by atoms with Gasteiger partial charge in [0.2, 0.25) is 0 Å². The van der Waals surface area contributed by atoms with E-state index in [1.165, 1.54) is 5.56 Å². The minimum atomic E-state index is 0.160. The Hall–Kier alpha value is -3.03. The summed E-state index contributed by atoms with van der Waals surface area (Å²) in [6.07, 6.45) is 3.12. The van der Waals surface area contributed by atoms with Crippen molar-refractivity contribution in [3.05, 3.63) is 54.2 Å². The van der Waals surface area contributed by atoms with Crippen LogP contribution in [0, 0.1) is 0 Å². The van der Waals surface area contributed by atoms with E-state index >= 15 is 0 Å². The molecular weight excluding hydrogens is 352 g/mol. The van der Waals surface area contributed by atoms with Gasteiger partial charge in [-0.3, -0.25) is 9.30 Å². The zero-order valence-corrected chi connectivity index (χ0v) is 15.7. The number of fused-ring (bicyclic) bond motifs is 2. The van der Waals surface area contributed by atoms with Crippen LogP contribution in [0.15, 0.2) is 48.7 Å². The molecule has 5 rings (SSSR count). The standard InChI is InChI=1S/C21H22N6O/c1-13(26-10-9-16(22)12-26)15-6-8-19-24-25-21(27(19)11-15)17-7-5-14-3-2-4-18(28)20(14)23-17/h2-8,11,13,16,28H,9-10,12,22H2,1H3/t13-,16-/m0/s1. The first-order valence-electron chi connectivity index (χ1n) is 9.53. The third kappa shape index (κ3) is 2.80. The highest BCUT2D eigenvalue weighted by Gasteiger charge is 2.25. The summed E-state index contributed by atoms with van der Waals surface area (Å²) in [4.78, 5) is 7.03. The Morgan fingerprint density at radius 2 is 2.04 bits per heavy atom. The van der Waals surface area contributed by atoms with Crippen LogP contribution >= 0.6 is 0 Å². The van der Waals surface area contributed by atoms with Crippen LogP contribution < -0.4 is 5.73 Å². The molecule has 0 amide bonds. The number of benzene rings is 1. The fraction of sp³-hybridized carbons (Fsp3) is 0.286. The Balaban J connectivity index is 1.58. The summed E-state index contributed by atoms with van der Waals surface area (Å²) in [5, 5.41) is 19.7. The lowest BCUT2D eigenvalue weighted by molar-refractivity contribution is 0.259. The molecule has 1 aliphatic rings. The Morgan fingerprint density at radius 1 is 1.14 bits per heavy atom. The van der Waals surface area contributed by atoms with E-state index < -0.39 is 0 Å². The van der Waals surface area contributed by atoms with Crippen molar-refractivity contribution in [3.8, 4) is 17.3 Å². The summed E-state index contributed by atoms with van der Waals surface area (Å²) >= 11 is 0. The van der Waals surface area contributed by atoms with Crippen LogP contribution in [0.3, 0.4) is 0 Å². The molecule has 0 spiro atoms. The van der Waals surface area contributed by atoms with Crippen LogP contribution in [-0.4, -0.2) is 48.7 Å². The highest BCUT2D eigenvalue weighted by Crippen LogP contribution is 2.28. The van der Waals surface area contributed by atoms with Crippen molar-refractivity contribution in [1.82, 2.24) is 24.5 Å². The summed E-state index contributed by atoms with van der Waals surface area (Å²) in [6, 6.07) is 13.8. The molecule has 7 nitrogen and oxygen atoms in total. The molecule has 0 saturated carbocycles. The number of phenolic OH excluding ortho intramolecular Hbond substituents is 1. The van der Waals surface area contributed by atoms with Crippen LogP contribution in [0.25, 0.3) is 28.1 Å². The van der Waals surface area contributed by atoms with E-state index in [1.54, 1.807) is 6.07 Å². The van der Waals surface area contributed by atoms with Gasteiger partial charge in [0.15, 0.2) is 11.5 Å². The molecule has 142 valence electrons. The van der Waals surface area contributed by atoms with E-state index in [1.807, 2.05) is 34.7 Å². The monoisotopic (exact) mass is 374 g/mol. The highest BCUT2D eigenvalue weighted by atomic mass is 16.3. The molecule has 1 aromatic carbocycles. The molecular formula is C21H22N6O. The molecule has 3 aromatic heterocycles. The summed E-state index contributed by atoms with van der Waals surface area (Å²) in [5.74, 6) is 0.820. The Kier molecular flexibility index (Phi) is 3.99. The average molecular weight is 374 g/mol. The summed E-state index contributed by atoms with van der Waals surface area (Å²) in [6.45, 7) is 4.14. The number of nitrogens with two attached hydrogens (primary N) is 1. The molecule has 3 N–H and O–H groups in total. The van der Waals surface area contributed by atoms with E-state index in [2.05, 4.69) is 39.3 Å². The van der Waals surface area contributed by atoms with Crippen LogP contribution in [0.5, 0.6) is 5.75 Å². The minimum absolute atomic E-state index is 0.160. The summed E-state index contributed by atoms with van der Waals surface area (Å²) < 4.78 is 1.97. The number of nitrogens with zero attached hydrogens (tertiary/aromatic N) is 5. The molecule has 0 bridgehead atoms. The van der Waals surface area contributed by atoms with Crippen LogP contribution in [0.1, 0.15) is 24.9 Å². The third-order valence-electron chi connectivity index (χ3n) is 5.64. The summed E-state index contributed by atoms with van der Waals surface area (Å²) in [5.41, 5.74) is 9.27. The van der Waals surface area contributed by atoms with Crippen molar-refractivity contribution in [1.29, 1.82) is 0 Å². The predicted octanol–water partition coefficient (Wildman–Crippen LogP) is 2.74. The van der Waals surface area contributed by atoms with Gasteiger partial charge >= 0.3 is 0 Å². The number of aromatic nitrogens is 4. The number of para-hydroxylation sites is 1. The van der Waals surface area contributed by atoms with Crippen LogP contribution in [-0.2, 0) is 0 Å². The van der Waals surface area contributed by atoms with Crippen molar-refractivity contribution in [3.63, 3.8) is 0 Å². The van der Waals surface area contributed by atoms with Gasteiger partial charge in [-0.15, -0.1) is 10.2 Å². The van der Waals surface area contributed by atoms with Gasteiger partial charge in [0.1, 0.15) is 17.0 Å². The number of likely N-dealkylation sites (tertiary alicyclic amines) is 1. The molecule has 0 unspecified atom stereocenters. The molecule has 4 heterocycles. The quantitative estimate of drug-likeness (QED) is 0.573. The molecule has 4 aromatic rings. The predicted molar refractivity (Wildman–Crippen MR) is 108 cm³/mol. The second-order valence-electron chi connectivity index (χ2n) is 7.48. The lowest BCUT2D eigenvalue weighted by Gasteiger charge is -2.24. The Labute approximate surface area is 162 Å². The first-order chi connectivity index (χ1) is 13.6. The van der Waals surface area contributed by atoms with Crippen molar-refractivity contribution in [2.45, 2.75) is 25.4 Å². The van der Waals surface area contributed by atoms with E-state index in [9.17, 15) is 5.11 Å². The lowest BCUT2D eigenvalue weighted by Crippen LogP contribution is -2.28. The molecule has 1 aliphatic heterocycles. The maximum atomic E-state index is 10.1. The van der Waals surface area contributed by atoms with Gasteiger partial charge in [0.25, 0.3) is 0 Å². The van der Waals surface area contributed by atoms with Crippen LogP contribution in [0.4, 0.5) is 0 Å². The topological polar surface area (TPSA) is 92.6 Å². The van der Waals surface area contributed by atoms with Gasteiger partial charge in [0.05, 0.1) is 0 Å². The van der Waals surface area contributed by atoms with Crippen LogP contribution in [0.2, 0.25) is 0 Å². The van der Waals surface area contributed by atoms with Gasteiger partial charge in [0, 0.05) is 36.8 Å². The molecule has 7 heteroatoms. The minimum Gasteiger partial charge on any atom is -0.506 e. The Morgan fingerprint density at radius 3 is 2.86 bits per heavy atom. The highest BCUT2D eigenvalue weighted by molar-refractivity contribution is 5.86. The number of aromatic hydroxyl groups is 1. The molecule has 1 fully saturated rings. The molecule has 0 aliphatic carbocycles. The van der Waals surface area contributed by atoms with Gasteiger partial charge in [-0.1, -0.05) is 24.3 Å².